The molecule has 0 saturated heterocycles. The van der Waals surface area contributed by atoms with Gasteiger partial charge in [0.15, 0.2) is 5.78 Å². The summed E-state index contributed by atoms with van der Waals surface area (Å²) in [6.45, 7) is -1.84. The number of Topliss-reactive ketones (excluding diaryl/α,β-unsaturated/α-hetero) is 2. The normalized spacial score (nSPS) is 25.9. The molecule has 6 nitrogen and oxygen atoms in total. The largest absolute Gasteiger partial charge is 0.398 e. The summed E-state index contributed by atoms with van der Waals surface area (Å²) in [6.07, 6.45) is -3.58. The van der Waals surface area contributed by atoms with E-state index in [1.807, 2.05) is 0 Å². The van der Waals surface area contributed by atoms with Crippen LogP contribution in [0.4, 0.5) is 5.69 Å². The van der Waals surface area contributed by atoms with Crippen molar-refractivity contribution in [3.05, 3.63) is 34.3 Å². The average Bonchev–Trinajstić information content (AvgIpc) is 2.52. The molecule has 0 amide bonds. The lowest BCUT2D eigenvalue weighted by Gasteiger charge is -2.24. The molecular weight excluding hydrogens is 270 g/mol. The number of fused-ring (bicyclic) bond motifs is 1. The number of nitrogens with zero attached hydrogens (tertiary/aromatic N) is 2. The fraction of sp³-hybridized carbons (Fsp3) is 0.333. The molecule has 2 aromatic rings. The minimum atomic E-state index is -2.41. The SMILES string of the molecule is [2H]c1cc2nc(C([2H])[2H])n(C3C(=O)CC(=O)CC3([2H])[2H])c(=O)c2c(N)c1[2H]. The number of rotatable bonds is 1. The second kappa shape index (κ2) is 4.80. The molecule has 1 heterocycles. The van der Waals surface area contributed by atoms with E-state index >= 15 is 0 Å². The fourth-order valence-corrected chi connectivity index (χ4v) is 2.33. The molecule has 0 radical (unpaired) electrons. The third kappa shape index (κ3) is 2.12. The molecule has 108 valence electrons. The van der Waals surface area contributed by atoms with Crippen LogP contribution in [0.3, 0.4) is 0 Å². The summed E-state index contributed by atoms with van der Waals surface area (Å²) in [7, 11) is 0. The quantitative estimate of drug-likeness (QED) is 0.628. The lowest BCUT2D eigenvalue weighted by molar-refractivity contribution is -0.132. The van der Waals surface area contributed by atoms with E-state index in [0.29, 0.717) is 4.57 Å². The Labute approximate surface area is 129 Å². The van der Waals surface area contributed by atoms with Crippen LogP contribution >= 0.6 is 0 Å². The lowest BCUT2D eigenvalue weighted by Crippen LogP contribution is -2.36. The van der Waals surface area contributed by atoms with Gasteiger partial charge in [-0.15, -0.1) is 0 Å². The second-order valence-electron chi connectivity index (χ2n) is 4.70. The number of carbonyl (C=O) groups is 2. The van der Waals surface area contributed by atoms with Crippen LogP contribution in [0, 0.1) is 6.88 Å². The van der Waals surface area contributed by atoms with E-state index in [1.54, 1.807) is 0 Å². The van der Waals surface area contributed by atoms with Crippen LogP contribution < -0.4 is 11.3 Å². The fourth-order valence-electron chi connectivity index (χ4n) is 2.33. The molecule has 6 heteroatoms. The smallest absolute Gasteiger partial charge is 0.264 e. The number of hydrogen-bond acceptors (Lipinski definition) is 5. The summed E-state index contributed by atoms with van der Waals surface area (Å²) in [6, 6.07) is -1.39. The maximum atomic E-state index is 13.1. The highest BCUT2D eigenvalue weighted by atomic mass is 16.2. The maximum absolute atomic E-state index is 13.1. The zero-order valence-electron chi connectivity index (χ0n) is 16.8. The topological polar surface area (TPSA) is 95.0 Å². The van der Waals surface area contributed by atoms with E-state index in [1.165, 1.54) is 0 Å². The first-order valence-corrected chi connectivity index (χ1v) is 6.16. The van der Waals surface area contributed by atoms with Gasteiger partial charge in [-0.25, -0.2) is 4.98 Å². The van der Waals surface area contributed by atoms with E-state index < -0.39 is 61.1 Å². The number of nitrogen functional groups attached to an aromatic ring is 1. The molecule has 3 rings (SSSR count). The predicted octanol–water partition coefficient (Wildman–Crippen LogP) is 1.15. The first-order chi connectivity index (χ1) is 12.5. The van der Waals surface area contributed by atoms with Gasteiger partial charge in [-0.05, 0) is 25.4 Å². The summed E-state index contributed by atoms with van der Waals surface area (Å²) >= 11 is 0. The maximum Gasteiger partial charge on any atom is 0.264 e. The Balaban J connectivity index is 2.43. The second-order valence-corrected chi connectivity index (χ2v) is 4.70. The van der Waals surface area contributed by atoms with Crippen molar-refractivity contribution in [1.82, 2.24) is 9.55 Å². The molecule has 1 atom stereocenters. The summed E-state index contributed by atoms with van der Waals surface area (Å²) in [5.41, 5.74) is 4.32. The number of anilines is 1. The molecule has 21 heavy (non-hydrogen) atoms. The van der Waals surface area contributed by atoms with Crippen molar-refractivity contribution >= 4 is 28.2 Å². The van der Waals surface area contributed by atoms with Gasteiger partial charge in [0.2, 0.25) is 0 Å². The summed E-state index contributed by atoms with van der Waals surface area (Å²) in [4.78, 5) is 41.1. The molecule has 1 aromatic heterocycles. The van der Waals surface area contributed by atoms with Crippen LogP contribution in [0.2, 0.25) is 0 Å². The highest BCUT2D eigenvalue weighted by Gasteiger charge is 2.30. The van der Waals surface area contributed by atoms with Gasteiger partial charge in [-0.1, -0.05) is 6.04 Å². The molecule has 1 saturated carbocycles. The Morgan fingerprint density at radius 1 is 1.52 bits per heavy atom. The Morgan fingerprint density at radius 2 is 2.33 bits per heavy atom. The Hall–Kier alpha value is -2.50. The Morgan fingerprint density at radius 3 is 3.05 bits per heavy atom. The minimum Gasteiger partial charge on any atom is -0.398 e. The van der Waals surface area contributed by atoms with E-state index in [4.69, 9.17) is 14.0 Å². The van der Waals surface area contributed by atoms with Crippen LogP contribution in [0.5, 0.6) is 0 Å². The van der Waals surface area contributed by atoms with Crippen molar-refractivity contribution in [2.75, 3.05) is 5.73 Å². The van der Waals surface area contributed by atoms with Crippen LogP contribution in [-0.2, 0) is 9.59 Å². The Bertz CT molecular complexity index is 1050. The van der Waals surface area contributed by atoms with Crippen molar-refractivity contribution < 1.29 is 17.8 Å². The molecule has 1 aliphatic carbocycles. The van der Waals surface area contributed by atoms with Crippen LogP contribution in [-0.4, -0.2) is 21.1 Å². The van der Waals surface area contributed by atoms with Crippen LogP contribution in [0.15, 0.2) is 22.9 Å². The number of carbonyl (C=O) groups excluding carboxylic acids is 2. The van der Waals surface area contributed by atoms with Gasteiger partial charge < -0.3 is 5.73 Å². The van der Waals surface area contributed by atoms with E-state index in [9.17, 15) is 14.4 Å². The monoisotopic (exact) mass is 291 g/mol. The van der Waals surface area contributed by atoms with Gasteiger partial charge in [0.25, 0.3) is 5.56 Å². The molecular formula is C15H15N3O3. The highest BCUT2D eigenvalue weighted by Crippen LogP contribution is 2.24. The molecule has 0 spiro atoms. The van der Waals surface area contributed by atoms with E-state index in [2.05, 4.69) is 4.98 Å². The van der Waals surface area contributed by atoms with Gasteiger partial charge in [0.1, 0.15) is 11.6 Å². The van der Waals surface area contributed by atoms with Crippen LogP contribution in [0.25, 0.3) is 10.9 Å². The first kappa shape index (κ1) is 8.07. The van der Waals surface area contributed by atoms with Gasteiger partial charge in [-0.2, -0.15) is 0 Å². The standard InChI is InChI=1S/C15H15N3O3/c1-8-17-11-4-2-3-10(16)14(11)15(21)18(8)12-6-5-9(19)7-13(12)20/h2-4,12H,5-7,16H2,1H3/i1D2,2D,3D,6D2. The number of nitrogens with two attached hydrogens (primary N) is 1. The number of aromatic nitrogens is 2. The van der Waals surface area contributed by atoms with Crippen molar-refractivity contribution in [2.24, 2.45) is 0 Å². The van der Waals surface area contributed by atoms with Crippen LogP contribution in [0.1, 0.15) is 39.3 Å². The number of aryl methyl sites for hydroxylation is 1. The van der Waals surface area contributed by atoms with Gasteiger partial charge in [-0.3, -0.25) is 19.0 Å². The third-order valence-electron chi connectivity index (χ3n) is 3.28. The third-order valence-corrected chi connectivity index (χ3v) is 3.28. The number of ketones is 2. The summed E-state index contributed by atoms with van der Waals surface area (Å²) < 4.78 is 47.5. The van der Waals surface area contributed by atoms with Gasteiger partial charge in [0, 0.05) is 17.6 Å². The van der Waals surface area contributed by atoms with Crippen molar-refractivity contribution in [3.8, 4) is 0 Å². The van der Waals surface area contributed by atoms with E-state index in [0.717, 1.165) is 6.07 Å². The lowest BCUT2D eigenvalue weighted by atomic mass is 9.92. The number of hydrogen-bond donors (Lipinski definition) is 1. The Kier molecular flexibility index (Phi) is 1.84. The summed E-state index contributed by atoms with van der Waals surface area (Å²) in [5.74, 6) is -1.96. The molecule has 2 N–H and O–H groups in total. The average molecular weight is 291 g/mol. The number of benzene rings is 1. The molecule has 1 fully saturated rings. The molecule has 1 aliphatic rings. The molecule has 0 aliphatic heterocycles. The zero-order valence-corrected chi connectivity index (χ0v) is 10.8. The molecule has 1 aromatic carbocycles. The predicted molar refractivity (Wildman–Crippen MR) is 78.1 cm³/mol. The van der Waals surface area contributed by atoms with Crippen molar-refractivity contribution in [3.63, 3.8) is 0 Å². The van der Waals surface area contributed by atoms with E-state index in [-0.39, 0.29) is 22.6 Å². The summed E-state index contributed by atoms with van der Waals surface area (Å²) in [5, 5.41) is -0.291. The van der Waals surface area contributed by atoms with Crippen molar-refractivity contribution in [1.29, 1.82) is 0 Å². The first-order valence-electron chi connectivity index (χ1n) is 9.32. The molecule has 1 unspecified atom stereocenters. The minimum absolute atomic E-state index is 0.117. The van der Waals surface area contributed by atoms with Crippen molar-refractivity contribution in [2.45, 2.75) is 32.1 Å². The zero-order chi connectivity index (χ0) is 20.3. The van der Waals surface area contributed by atoms with Gasteiger partial charge >= 0.3 is 0 Å². The van der Waals surface area contributed by atoms with Gasteiger partial charge in [0.05, 0.1) is 26.1 Å². The highest BCUT2D eigenvalue weighted by molar-refractivity contribution is 6.03. The molecule has 0 bridgehead atoms.